The number of hydrogen-bond donors (Lipinski definition) is 1. The van der Waals surface area contributed by atoms with Gasteiger partial charge in [0.15, 0.2) is 0 Å². The minimum atomic E-state index is -0.291. The zero-order valence-corrected chi connectivity index (χ0v) is 13.3. The molecule has 0 heterocycles. The molecule has 106 valence electrons. The van der Waals surface area contributed by atoms with Gasteiger partial charge in [-0.1, -0.05) is 13.0 Å². The predicted octanol–water partition coefficient (Wildman–Crippen LogP) is 3.06. The molecular formula is C14H20BrNO3. The van der Waals surface area contributed by atoms with Crippen LogP contribution >= 0.6 is 15.9 Å². The smallest absolute Gasteiger partial charge is 0.322 e. The first-order chi connectivity index (χ1) is 9.03. The second kappa shape index (κ2) is 7.50. The molecule has 2 atom stereocenters. The Balaban J connectivity index is 2.79. The number of benzene rings is 1. The van der Waals surface area contributed by atoms with Gasteiger partial charge >= 0.3 is 5.97 Å². The van der Waals surface area contributed by atoms with Gasteiger partial charge in [-0.25, -0.2) is 0 Å². The van der Waals surface area contributed by atoms with Crippen molar-refractivity contribution in [2.75, 3.05) is 14.2 Å². The summed E-state index contributed by atoms with van der Waals surface area (Å²) in [5.41, 5.74) is 1.08. The highest BCUT2D eigenvalue weighted by molar-refractivity contribution is 9.10. The third-order valence-corrected chi connectivity index (χ3v) is 3.64. The average molecular weight is 330 g/mol. The van der Waals surface area contributed by atoms with Crippen LogP contribution in [0.4, 0.5) is 0 Å². The lowest BCUT2D eigenvalue weighted by molar-refractivity contribution is -0.143. The molecule has 1 rings (SSSR count). The van der Waals surface area contributed by atoms with Gasteiger partial charge in [0.2, 0.25) is 0 Å². The molecule has 0 saturated heterocycles. The Kier molecular flexibility index (Phi) is 6.31. The van der Waals surface area contributed by atoms with Gasteiger partial charge in [0.25, 0.3) is 0 Å². The van der Waals surface area contributed by atoms with Crippen molar-refractivity contribution < 1.29 is 14.3 Å². The van der Waals surface area contributed by atoms with E-state index < -0.39 is 0 Å². The lowest BCUT2D eigenvalue weighted by Crippen LogP contribution is -2.38. The zero-order valence-electron chi connectivity index (χ0n) is 11.7. The first kappa shape index (κ1) is 16.0. The fourth-order valence-electron chi connectivity index (χ4n) is 1.84. The Morgan fingerprint density at radius 3 is 2.58 bits per heavy atom. The molecule has 0 aromatic heterocycles. The van der Waals surface area contributed by atoms with Crippen LogP contribution in [0.25, 0.3) is 0 Å². The monoisotopic (exact) mass is 329 g/mol. The molecule has 0 radical (unpaired) electrons. The number of methoxy groups -OCH3 is 2. The van der Waals surface area contributed by atoms with Crippen LogP contribution in [0.15, 0.2) is 22.7 Å². The van der Waals surface area contributed by atoms with Crippen molar-refractivity contribution in [3.8, 4) is 5.75 Å². The molecule has 19 heavy (non-hydrogen) atoms. The van der Waals surface area contributed by atoms with Crippen LogP contribution in [0.1, 0.15) is 31.9 Å². The van der Waals surface area contributed by atoms with Crippen molar-refractivity contribution >= 4 is 21.9 Å². The third kappa shape index (κ3) is 4.21. The summed E-state index contributed by atoms with van der Waals surface area (Å²) in [6.45, 7) is 3.96. The van der Waals surface area contributed by atoms with E-state index >= 15 is 0 Å². The van der Waals surface area contributed by atoms with E-state index in [0.29, 0.717) is 6.42 Å². The number of halogens is 1. The highest BCUT2D eigenvalue weighted by Gasteiger charge is 2.20. The van der Waals surface area contributed by atoms with Crippen molar-refractivity contribution in [2.45, 2.75) is 32.4 Å². The number of carbonyl (C=O) groups excluding carboxylic acids is 1. The fourth-order valence-corrected chi connectivity index (χ4v) is 2.40. The summed E-state index contributed by atoms with van der Waals surface area (Å²) in [6, 6.07) is 5.62. The van der Waals surface area contributed by atoms with E-state index in [2.05, 4.69) is 21.2 Å². The van der Waals surface area contributed by atoms with E-state index in [9.17, 15) is 4.79 Å². The molecule has 0 bridgehead atoms. The number of esters is 1. The van der Waals surface area contributed by atoms with Crippen LogP contribution in [0.5, 0.6) is 5.75 Å². The Bertz CT molecular complexity index is 437. The molecule has 4 nitrogen and oxygen atoms in total. The van der Waals surface area contributed by atoms with E-state index in [0.717, 1.165) is 15.8 Å². The molecular weight excluding hydrogens is 310 g/mol. The minimum Gasteiger partial charge on any atom is -0.496 e. The SMILES string of the molecule is CCC(NC(C)c1ccc(OC)c(Br)c1)C(=O)OC. The van der Waals surface area contributed by atoms with Crippen molar-refractivity contribution in [3.63, 3.8) is 0 Å². The largest absolute Gasteiger partial charge is 0.496 e. The second-order valence-corrected chi connectivity index (χ2v) is 5.12. The topological polar surface area (TPSA) is 47.6 Å². The molecule has 0 fully saturated rings. The minimum absolute atomic E-state index is 0.0475. The number of rotatable bonds is 6. The number of carbonyl (C=O) groups is 1. The van der Waals surface area contributed by atoms with Gasteiger partial charge in [-0.3, -0.25) is 10.1 Å². The summed E-state index contributed by atoms with van der Waals surface area (Å²) in [6.07, 6.45) is 0.689. The van der Waals surface area contributed by atoms with Crippen molar-refractivity contribution in [1.29, 1.82) is 0 Å². The van der Waals surface area contributed by atoms with Gasteiger partial charge in [-0.2, -0.15) is 0 Å². The molecule has 1 aromatic rings. The number of hydrogen-bond acceptors (Lipinski definition) is 4. The lowest BCUT2D eigenvalue weighted by atomic mass is 10.1. The van der Waals surface area contributed by atoms with E-state index in [1.807, 2.05) is 32.0 Å². The van der Waals surface area contributed by atoms with Crippen molar-refractivity contribution in [1.82, 2.24) is 5.32 Å². The fraction of sp³-hybridized carbons (Fsp3) is 0.500. The maximum absolute atomic E-state index is 11.6. The Morgan fingerprint density at radius 1 is 1.42 bits per heavy atom. The van der Waals surface area contributed by atoms with E-state index in [1.165, 1.54) is 7.11 Å². The van der Waals surface area contributed by atoms with Crippen LogP contribution in [-0.2, 0) is 9.53 Å². The van der Waals surface area contributed by atoms with Gasteiger partial charge < -0.3 is 9.47 Å². The maximum atomic E-state index is 11.6. The van der Waals surface area contributed by atoms with Gasteiger partial charge in [-0.05, 0) is 47.0 Å². The summed E-state index contributed by atoms with van der Waals surface area (Å²) in [5, 5.41) is 3.26. The second-order valence-electron chi connectivity index (χ2n) is 4.27. The standard InChI is InChI=1S/C14H20BrNO3/c1-5-12(14(17)19-4)16-9(2)10-6-7-13(18-3)11(15)8-10/h6-9,12,16H,5H2,1-4H3. The molecule has 0 amide bonds. The van der Waals surface area contributed by atoms with Crippen LogP contribution < -0.4 is 10.1 Å². The number of nitrogens with one attached hydrogen (secondary N) is 1. The molecule has 1 aromatic carbocycles. The summed E-state index contributed by atoms with van der Waals surface area (Å²) in [4.78, 5) is 11.6. The molecule has 1 N–H and O–H groups in total. The molecule has 0 aliphatic heterocycles. The van der Waals surface area contributed by atoms with E-state index in [4.69, 9.17) is 9.47 Å². The van der Waals surface area contributed by atoms with Gasteiger partial charge in [0.05, 0.1) is 18.7 Å². The lowest BCUT2D eigenvalue weighted by Gasteiger charge is -2.21. The first-order valence-electron chi connectivity index (χ1n) is 6.20. The normalized spacial score (nSPS) is 13.7. The third-order valence-electron chi connectivity index (χ3n) is 3.02. The van der Waals surface area contributed by atoms with Crippen molar-refractivity contribution in [3.05, 3.63) is 28.2 Å². The van der Waals surface area contributed by atoms with Gasteiger partial charge in [-0.15, -0.1) is 0 Å². The molecule has 2 unspecified atom stereocenters. The maximum Gasteiger partial charge on any atom is 0.322 e. The summed E-state index contributed by atoms with van der Waals surface area (Å²) in [5.74, 6) is 0.554. The summed E-state index contributed by atoms with van der Waals surface area (Å²) < 4.78 is 10.9. The molecule has 0 saturated carbocycles. The van der Waals surface area contributed by atoms with Crippen molar-refractivity contribution in [2.24, 2.45) is 0 Å². The van der Waals surface area contributed by atoms with Crippen LogP contribution in [0, 0.1) is 0 Å². The highest BCUT2D eigenvalue weighted by Crippen LogP contribution is 2.28. The quantitative estimate of drug-likeness (QED) is 0.815. The zero-order chi connectivity index (χ0) is 14.4. The van der Waals surface area contributed by atoms with Crippen LogP contribution in [0.2, 0.25) is 0 Å². The van der Waals surface area contributed by atoms with E-state index in [1.54, 1.807) is 7.11 Å². The van der Waals surface area contributed by atoms with Gasteiger partial charge in [0.1, 0.15) is 11.8 Å². The predicted molar refractivity (Wildman–Crippen MR) is 78.3 cm³/mol. The van der Waals surface area contributed by atoms with E-state index in [-0.39, 0.29) is 18.1 Å². The molecule has 0 spiro atoms. The summed E-state index contributed by atoms with van der Waals surface area (Å²) in [7, 11) is 3.03. The highest BCUT2D eigenvalue weighted by atomic mass is 79.9. The van der Waals surface area contributed by atoms with Crippen LogP contribution in [0.3, 0.4) is 0 Å². The number of ether oxygens (including phenoxy) is 2. The van der Waals surface area contributed by atoms with Crippen LogP contribution in [-0.4, -0.2) is 26.2 Å². The summed E-state index contributed by atoms with van der Waals surface area (Å²) >= 11 is 3.46. The first-order valence-corrected chi connectivity index (χ1v) is 7.00. The average Bonchev–Trinajstić information content (AvgIpc) is 2.43. The Labute approximate surface area is 122 Å². The molecule has 0 aliphatic carbocycles. The molecule has 0 aliphatic rings. The Hall–Kier alpha value is -1.07. The molecule has 5 heteroatoms. The van der Waals surface area contributed by atoms with Gasteiger partial charge in [0, 0.05) is 6.04 Å². The Morgan fingerprint density at radius 2 is 2.11 bits per heavy atom.